The minimum atomic E-state index is -0.473. The van der Waals surface area contributed by atoms with E-state index in [1.165, 1.54) is 6.92 Å². The van der Waals surface area contributed by atoms with Crippen molar-refractivity contribution >= 4 is 17.6 Å². The van der Waals surface area contributed by atoms with Crippen LogP contribution in [0.15, 0.2) is 65.2 Å². The molecule has 3 aromatic rings. The minimum absolute atomic E-state index is 0.0165. The quantitative estimate of drug-likeness (QED) is 0.719. The maximum Gasteiger partial charge on any atom is 0.338 e. The monoisotopic (exact) mass is 336 g/mol. The topological polar surface area (TPSA) is 81.4 Å². The molecule has 6 heteroatoms. The predicted octanol–water partition coefficient (Wildman–Crippen LogP) is 3.66. The van der Waals surface area contributed by atoms with Crippen molar-refractivity contribution in [3.63, 3.8) is 0 Å². The van der Waals surface area contributed by atoms with Crippen LogP contribution in [-0.2, 0) is 16.1 Å². The van der Waals surface area contributed by atoms with Crippen LogP contribution in [0.1, 0.15) is 23.0 Å². The molecule has 0 bridgehead atoms. The van der Waals surface area contributed by atoms with E-state index in [2.05, 4.69) is 10.5 Å². The second-order valence-electron chi connectivity index (χ2n) is 5.38. The van der Waals surface area contributed by atoms with Crippen molar-refractivity contribution in [1.29, 1.82) is 0 Å². The Labute approximate surface area is 144 Å². The van der Waals surface area contributed by atoms with Crippen LogP contribution < -0.4 is 5.32 Å². The van der Waals surface area contributed by atoms with Gasteiger partial charge in [0.2, 0.25) is 5.91 Å². The van der Waals surface area contributed by atoms with Crippen LogP contribution in [0, 0.1) is 0 Å². The summed E-state index contributed by atoms with van der Waals surface area (Å²) in [5.41, 5.74) is 2.44. The number of hydrogen-bond acceptors (Lipinski definition) is 5. The van der Waals surface area contributed by atoms with E-state index in [9.17, 15) is 9.59 Å². The molecular formula is C19H16N2O4. The average Bonchev–Trinajstić information content (AvgIpc) is 3.10. The average molecular weight is 336 g/mol. The minimum Gasteiger partial charge on any atom is -0.455 e. The number of nitrogens with one attached hydrogen (secondary N) is 1. The van der Waals surface area contributed by atoms with Gasteiger partial charge in [-0.15, -0.1) is 0 Å². The molecule has 0 aliphatic carbocycles. The van der Waals surface area contributed by atoms with Crippen LogP contribution in [0.25, 0.3) is 11.3 Å². The third-order valence-corrected chi connectivity index (χ3v) is 3.41. The molecule has 1 amide bonds. The number of carbonyl (C=O) groups excluding carboxylic acids is 2. The number of esters is 1. The van der Waals surface area contributed by atoms with Crippen LogP contribution in [0.3, 0.4) is 0 Å². The van der Waals surface area contributed by atoms with E-state index in [1.54, 1.807) is 30.3 Å². The summed E-state index contributed by atoms with van der Waals surface area (Å²) in [6.45, 7) is 1.44. The second-order valence-corrected chi connectivity index (χ2v) is 5.38. The zero-order valence-electron chi connectivity index (χ0n) is 13.6. The SMILES string of the molecule is CC(=O)Nc1ccc(C(=O)OCc2cc(-c3ccccc3)on2)cc1. The van der Waals surface area contributed by atoms with E-state index in [0.29, 0.717) is 22.7 Å². The Morgan fingerprint density at radius 1 is 1.08 bits per heavy atom. The molecule has 3 rings (SSSR count). The molecule has 0 unspecified atom stereocenters. The number of amides is 1. The lowest BCUT2D eigenvalue weighted by Crippen LogP contribution is -2.07. The first kappa shape index (κ1) is 16.4. The van der Waals surface area contributed by atoms with E-state index >= 15 is 0 Å². The van der Waals surface area contributed by atoms with Crippen molar-refractivity contribution in [2.75, 3.05) is 5.32 Å². The number of rotatable bonds is 5. The Morgan fingerprint density at radius 2 is 1.80 bits per heavy atom. The molecule has 2 aromatic carbocycles. The van der Waals surface area contributed by atoms with E-state index in [1.807, 2.05) is 30.3 Å². The number of aromatic nitrogens is 1. The maximum atomic E-state index is 12.1. The molecule has 126 valence electrons. The van der Waals surface area contributed by atoms with Crippen LogP contribution in [0.4, 0.5) is 5.69 Å². The Bertz CT molecular complexity index is 870. The van der Waals surface area contributed by atoms with Crippen molar-refractivity contribution < 1.29 is 18.8 Å². The summed E-state index contributed by atoms with van der Waals surface area (Å²) in [5, 5.41) is 6.54. The normalized spacial score (nSPS) is 10.3. The van der Waals surface area contributed by atoms with Gasteiger partial charge in [0.1, 0.15) is 12.3 Å². The molecule has 1 heterocycles. The number of anilines is 1. The van der Waals surface area contributed by atoms with Crippen LogP contribution in [0.5, 0.6) is 0 Å². The Hall–Kier alpha value is -3.41. The molecule has 0 atom stereocenters. The largest absolute Gasteiger partial charge is 0.455 e. The fourth-order valence-corrected chi connectivity index (χ4v) is 2.23. The van der Waals surface area contributed by atoms with Gasteiger partial charge in [0.05, 0.1) is 5.56 Å². The summed E-state index contributed by atoms with van der Waals surface area (Å²) in [5.74, 6) is -0.0273. The summed E-state index contributed by atoms with van der Waals surface area (Å²) >= 11 is 0. The van der Waals surface area contributed by atoms with Gasteiger partial charge in [-0.1, -0.05) is 35.5 Å². The maximum absolute atomic E-state index is 12.1. The smallest absolute Gasteiger partial charge is 0.338 e. The molecule has 0 aliphatic rings. The molecule has 0 radical (unpaired) electrons. The summed E-state index contributed by atoms with van der Waals surface area (Å²) in [4.78, 5) is 23.0. The predicted molar refractivity (Wildman–Crippen MR) is 91.8 cm³/mol. The van der Waals surface area contributed by atoms with Gasteiger partial charge in [0.25, 0.3) is 0 Å². The highest BCUT2D eigenvalue weighted by Gasteiger charge is 2.11. The second kappa shape index (κ2) is 7.44. The van der Waals surface area contributed by atoms with Crippen molar-refractivity contribution in [1.82, 2.24) is 5.16 Å². The van der Waals surface area contributed by atoms with Crippen LogP contribution >= 0.6 is 0 Å². The summed E-state index contributed by atoms with van der Waals surface area (Å²) in [6.07, 6.45) is 0. The molecular weight excluding hydrogens is 320 g/mol. The molecule has 0 saturated heterocycles. The van der Waals surface area contributed by atoms with E-state index in [4.69, 9.17) is 9.26 Å². The number of carbonyl (C=O) groups is 2. The first-order valence-electron chi connectivity index (χ1n) is 7.67. The first-order chi connectivity index (χ1) is 12.1. The Kier molecular flexibility index (Phi) is 4.89. The molecule has 1 aromatic heterocycles. The van der Waals surface area contributed by atoms with Gasteiger partial charge >= 0.3 is 5.97 Å². The fourth-order valence-electron chi connectivity index (χ4n) is 2.23. The van der Waals surface area contributed by atoms with Gasteiger partial charge in [-0.25, -0.2) is 4.79 Å². The van der Waals surface area contributed by atoms with Crippen molar-refractivity contribution in [2.24, 2.45) is 0 Å². The molecule has 0 spiro atoms. The highest BCUT2D eigenvalue weighted by atomic mass is 16.5. The first-order valence-corrected chi connectivity index (χ1v) is 7.67. The molecule has 0 aliphatic heterocycles. The summed E-state index contributed by atoms with van der Waals surface area (Å²) in [6, 6.07) is 17.7. The number of hydrogen-bond donors (Lipinski definition) is 1. The Morgan fingerprint density at radius 3 is 2.48 bits per heavy atom. The highest BCUT2D eigenvalue weighted by Crippen LogP contribution is 2.20. The van der Waals surface area contributed by atoms with E-state index in [-0.39, 0.29) is 12.5 Å². The number of benzene rings is 2. The zero-order chi connectivity index (χ0) is 17.6. The molecule has 0 saturated carbocycles. The highest BCUT2D eigenvalue weighted by molar-refractivity contribution is 5.92. The van der Waals surface area contributed by atoms with Crippen molar-refractivity contribution in [3.05, 3.63) is 71.9 Å². The fraction of sp³-hybridized carbons (Fsp3) is 0.105. The summed E-state index contributed by atoms with van der Waals surface area (Å²) in [7, 11) is 0. The van der Waals surface area contributed by atoms with E-state index < -0.39 is 5.97 Å². The zero-order valence-corrected chi connectivity index (χ0v) is 13.6. The molecule has 6 nitrogen and oxygen atoms in total. The van der Waals surface area contributed by atoms with Gasteiger partial charge in [0, 0.05) is 24.2 Å². The third kappa shape index (κ3) is 4.32. The van der Waals surface area contributed by atoms with Gasteiger partial charge in [-0.3, -0.25) is 4.79 Å². The van der Waals surface area contributed by atoms with Crippen LogP contribution in [-0.4, -0.2) is 17.0 Å². The third-order valence-electron chi connectivity index (χ3n) is 3.41. The molecule has 1 N–H and O–H groups in total. The molecule has 0 fully saturated rings. The number of ether oxygens (including phenoxy) is 1. The van der Waals surface area contributed by atoms with Crippen LogP contribution in [0.2, 0.25) is 0 Å². The Balaban J connectivity index is 1.59. The van der Waals surface area contributed by atoms with Gasteiger partial charge < -0.3 is 14.6 Å². The van der Waals surface area contributed by atoms with Gasteiger partial charge in [-0.05, 0) is 24.3 Å². The lowest BCUT2D eigenvalue weighted by atomic mass is 10.2. The standard InChI is InChI=1S/C19H16N2O4/c1-13(22)20-16-9-7-15(8-10-16)19(23)24-12-17-11-18(25-21-17)14-5-3-2-4-6-14/h2-11H,12H2,1H3,(H,20,22). The van der Waals surface area contributed by atoms with Crippen molar-refractivity contribution in [3.8, 4) is 11.3 Å². The van der Waals surface area contributed by atoms with E-state index in [0.717, 1.165) is 5.56 Å². The van der Waals surface area contributed by atoms with Gasteiger partial charge in [-0.2, -0.15) is 0 Å². The summed E-state index contributed by atoms with van der Waals surface area (Å²) < 4.78 is 10.5. The lowest BCUT2D eigenvalue weighted by molar-refractivity contribution is -0.114. The van der Waals surface area contributed by atoms with Crippen molar-refractivity contribution in [2.45, 2.75) is 13.5 Å². The van der Waals surface area contributed by atoms with Gasteiger partial charge in [0.15, 0.2) is 5.76 Å². The lowest BCUT2D eigenvalue weighted by Gasteiger charge is -2.04. The molecule has 25 heavy (non-hydrogen) atoms. The number of nitrogens with zero attached hydrogens (tertiary/aromatic N) is 1.